The molecule has 0 radical (unpaired) electrons. The van der Waals surface area contributed by atoms with E-state index in [-0.39, 0.29) is 30.8 Å². The van der Waals surface area contributed by atoms with E-state index >= 15 is 0 Å². The summed E-state index contributed by atoms with van der Waals surface area (Å²) >= 11 is 0. The van der Waals surface area contributed by atoms with Crippen LogP contribution in [0, 0.1) is 11.8 Å². The number of nitrogens with two attached hydrogens (primary N) is 2. The highest BCUT2D eigenvalue weighted by Crippen LogP contribution is 2.24. The number of nitrogens with one attached hydrogen (secondary N) is 1. The quantitative estimate of drug-likeness (QED) is 0.290. The fourth-order valence-electron chi connectivity index (χ4n) is 3.71. The van der Waals surface area contributed by atoms with Gasteiger partial charge in [-0.15, -0.1) is 0 Å². The molecule has 2 saturated heterocycles. The fourth-order valence-corrected chi connectivity index (χ4v) is 3.71. The number of primary amides is 1. The number of hydrogen-bond donors (Lipinski definition) is 5. The van der Waals surface area contributed by atoms with Crippen molar-refractivity contribution in [3.8, 4) is 0 Å². The maximum atomic E-state index is 12.8. The summed E-state index contributed by atoms with van der Waals surface area (Å²) in [5.41, 5.74) is 10.9. The minimum Gasteiger partial charge on any atom is -0.391 e. The lowest BCUT2D eigenvalue weighted by Gasteiger charge is -2.24. The molecule has 0 aromatic carbocycles. The highest BCUT2D eigenvalue weighted by Gasteiger charge is 2.39. The van der Waals surface area contributed by atoms with Crippen LogP contribution in [0.5, 0.6) is 0 Å². The summed E-state index contributed by atoms with van der Waals surface area (Å²) < 4.78 is 0. The number of amides is 4. The van der Waals surface area contributed by atoms with Crippen LogP contribution in [0.2, 0.25) is 0 Å². The molecule has 7 N–H and O–H groups in total. The zero-order chi connectivity index (χ0) is 21.9. The van der Waals surface area contributed by atoms with Crippen LogP contribution in [-0.2, 0) is 19.2 Å². The summed E-state index contributed by atoms with van der Waals surface area (Å²) in [5, 5.41) is 21.5. The zero-order valence-electron chi connectivity index (χ0n) is 16.8. The van der Waals surface area contributed by atoms with Gasteiger partial charge in [0.15, 0.2) is 0 Å². The van der Waals surface area contributed by atoms with Crippen molar-refractivity contribution in [1.29, 1.82) is 0 Å². The summed E-state index contributed by atoms with van der Waals surface area (Å²) in [6.45, 7) is 4.02. The van der Waals surface area contributed by atoms with E-state index in [1.807, 2.05) is 0 Å². The van der Waals surface area contributed by atoms with Crippen molar-refractivity contribution in [1.82, 2.24) is 15.1 Å². The van der Waals surface area contributed by atoms with Gasteiger partial charge in [0.1, 0.15) is 12.1 Å². The molecule has 0 aromatic heterocycles. The molecule has 2 heterocycles. The Hall–Kier alpha value is -2.24. The van der Waals surface area contributed by atoms with Crippen molar-refractivity contribution < 1.29 is 29.4 Å². The number of aliphatic hydroxyl groups is 2. The molecule has 0 aromatic rings. The molecule has 0 saturated carbocycles. The monoisotopic (exact) mass is 413 g/mol. The van der Waals surface area contributed by atoms with E-state index < -0.39 is 42.0 Å². The van der Waals surface area contributed by atoms with E-state index in [0.717, 1.165) is 0 Å². The topological polar surface area (TPSA) is 179 Å². The smallest absolute Gasteiger partial charge is 0.242 e. The van der Waals surface area contributed by atoms with Crippen LogP contribution >= 0.6 is 0 Å². The molecule has 2 fully saturated rings. The highest BCUT2D eigenvalue weighted by molar-refractivity contribution is 5.89. The molecule has 2 rings (SSSR count). The summed E-state index contributed by atoms with van der Waals surface area (Å²) in [7, 11) is 0. The van der Waals surface area contributed by atoms with Gasteiger partial charge in [-0.05, 0) is 26.7 Å². The van der Waals surface area contributed by atoms with E-state index in [9.17, 15) is 29.4 Å². The first-order valence-electron chi connectivity index (χ1n) is 9.81. The molecule has 2 aliphatic heterocycles. The van der Waals surface area contributed by atoms with E-state index in [1.54, 1.807) is 4.90 Å². The number of nitrogens with zero attached hydrogens (tertiary/aromatic N) is 2. The first kappa shape index (κ1) is 23.0. The van der Waals surface area contributed by atoms with Crippen molar-refractivity contribution in [2.45, 2.75) is 51.0 Å². The lowest BCUT2D eigenvalue weighted by atomic mass is 10.1. The third-order valence-corrected chi connectivity index (χ3v) is 5.61. The Kier molecular flexibility index (Phi) is 7.55. The molecular formula is C18H31N5O6. The van der Waals surface area contributed by atoms with E-state index in [4.69, 9.17) is 11.5 Å². The lowest BCUT2D eigenvalue weighted by Crippen LogP contribution is -2.52. The van der Waals surface area contributed by atoms with Crippen LogP contribution in [0.15, 0.2) is 0 Å². The number of aliphatic hydroxyl groups excluding tert-OH is 2. The van der Waals surface area contributed by atoms with Gasteiger partial charge in [0.25, 0.3) is 0 Å². The summed E-state index contributed by atoms with van der Waals surface area (Å²) in [6, 6.07) is -2.20. The maximum absolute atomic E-state index is 12.8. The van der Waals surface area contributed by atoms with Crippen LogP contribution in [-0.4, -0.2) is 94.1 Å². The minimum atomic E-state index is -1.18. The average Bonchev–Trinajstić information content (AvgIpc) is 3.33. The molecule has 6 atom stereocenters. The van der Waals surface area contributed by atoms with Crippen LogP contribution in [0.4, 0.5) is 0 Å². The zero-order valence-corrected chi connectivity index (χ0v) is 16.8. The molecule has 1 unspecified atom stereocenters. The number of carbonyl (C=O) groups excluding carboxylic acids is 4. The van der Waals surface area contributed by atoms with Crippen LogP contribution in [0.25, 0.3) is 0 Å². The van der Waals surface area contributed by atoms with Crippen LogP contribution in [0.1, 0.15) is 26.7 Å². The Morgan fingerprint density at radius 2 is 1.52 bits per heavy atom. The van der Waals surface area contributed by atoms with Gasteiger partial charge in [0.2, 0.25) is 23.6 Å². The lowest BCUT2D eigenvalue weighted by molar-refractivity contribution is -0.136. The summed E-state index contributed by atoms with van der Waals surface area (Å²) in [4.78, 5) is 51.8. The van der Waals surface area contributed by atoms with Crippen LogP contribution in [0.3, 0.4) is 0 Å². The molecule has 11 nitrogen and oxygen atoms in total. The highest BCUT2D eigenvalue weighted by atomic mass is 16.3. The third-order valence-electron chi connectivity index (χ3n) is 5.61. The van der Waals surface area contributed by atoms with Gasteiger partial charge in [-0.25, -0.2) is 0 Å². The van der Waals surface area contributed by atoms with Gasteiger partial charge in [-0.1, -0.05) is 0 Å². The van der Waals surface area contributed by atoms with Crippen molar-refractivity contribution in [3.63, 3.8) is 0 Å². The first-order valence-corrected chi connectivity index (χ1v) is 9.81. The summed E-state index contributed by atoms with van der Waals surface area (Å²) in [6.07, 6.45) is -1.16. The van der Waals surface area contributed by atoms with Gasteiger partial charge in [-0.3, -0.25) is 19.2 Å². The normalized spacial score (nSPS) is 26.0. The second kappa shape index (κ2) is 9.51. The minimum absolute atomic E-state index is 0.136. The Labute approximate surface area is 169 Å². The molecule has 0 bridgehead atoms. The molecule has 0 spiro atoms. The van der Waals surface area contributed by atoms with Gasteiger partial charge < -0.3 is 36.8 Å². The second-order valence-electron chi connectivity index (χ2n) is 7.94. The van der Waals surface area contributed by atoms with E-state index in [2.05, 4.69) is 5.32 Å². The average molecular weight is 413 g/mol. The molecule has 164 valence electrons. The predicted molar refractivity (Wildman–Crippen MR) is 102 cm³/mol. The maximum Gasteiger partial charge on any atom is 0.242 e. The van der Waals surface area contributed by atoms with Crippen molar-refractivity contribution in [2.75, 3.05) is 26.2 Å². The number of rotatable bonds is 7. The van der Waals surface area contributed by atoms with Crippen molar-refractivity contribution >= 4 is 23.6 Å². The number of likely N-dealkylation sites (tertiary alicyclic amines) is 2. The second-order valence-corrected chi connectivity index (χ2v) is 7.94. The van der Waals surface area contributed by atoms with Gasteiger partial charge in [0, 0.05) is 26.2 Å². The number of hydrogen-bond acceptors (Lipinski definition) is 7. The Balaban J connectivity index is 1.88. The molecule has 2 aliphatic rings. The van der Waals surface area contributed by atoms with Crippen LogP contribution < -0.4 is 16.8 Å². The first-order chi connectivity index (χ1) is 13.5. The summed E-state index contributed by atoms with van der Waals surface area (Å²) in [5.74, 6) is -2.66. The molecular weight excluding hydrogens is 382 g/mol. The van der Waals surface area contributed by atoms with Crippen molar-refractivity contribution in [2.24, 2.45) is 23.3 Å². The largest absolute Gasteiger partial charge is 0.391 e. The Bertz CT molecular complexity index is 655. The third kappa shape index (κ3) is 5.43. The molecule has 29 heavy (non-hydrogen) atoms. The standard InChI is InChI=1S/C18H31N5O6/c1-9(24)13(19)18(29)23-6-4-12(8-23)17(28)22-5-3-11(7-22)16(27)21-14(10(2)25)15(20)26/h9-14,24-25H,3-8,19H2,1-2H3,(H2,20,26)(H,21,27)/t9?,10-,11-,12+,13+,14+/m1/s1. The molecule has 11 heteroatoms. The van der Waals surface area contributed by atoms with Gasteiger partial charge in [0.05, 0.1) is 24.0 Å². The van der Waals surface area contributed by atoms with Gasteiger partial charge >= 0.3 is 0 Å². The fraction of sp³-hybridized carbons (Fsp3) is 0.778. The van der Waals surface area contributed by atoms with E-state index in [1.165, 1.54) is 18.7 Å². The SMILES string of the molecule is CC(O)[C@H](N)C(=O)N1CC[C@H](C(=O)N2CC[C@@H](C(=O)N[C@H](C(N)=O)[C@@H](C)O)C2)C1. The van der Waals surface area contributed by atoms with E-state index in [0.29, 0.717) is 25.9 Å². The Morgan fingerprint density at radius 3 is 2.07 bits per heavy atom. The van der Waals surface area contributed by atoms with Crippen molar-refractivity contribution in [3.05, 3.63) is 0 Å². The number of carbonyl (C=O) groups is 4. The molecule has 4 amide bonds. The molecule has 0 aliphatic carbocycles. The van der Waals surface area contributed by atoms with Gasteiger partial charge in [-0.2, -0.15) is 0 Å². The predicted octanol–water partition coefficient (Wildman–Crippen LogP) is -3.26. The Morgan fingerprint density at radius 1 is 0.966 bits per heavy atom.